The molecule has 1 saturated heterocycles. The summed E-state index contributed by atoms with van der Waals surface area (Å²) in [5, 5.41) is 0. The maximum absolute atomic E-state index is 5.73. The Balaban J connectivity index is 2.22. The highest BCUT2D eigenvalue weighted by Crippen LogP contribution is 2.19. The molecular weight excluding hydrogens is 172 g/mol. The van der Waals surface area contributed by atoms with Crippen LogP contribution < -0.4 is 5.73 Å². The zero-order valence-corrected chi connectivity index (χ0v) is 9.89. The van der Waals surface area contributed by atoms with Crippen molar-refractivity contribution in [2.45, 2.75) is 46.0 Å². The molecule has 1 heterocycles. The second-order valence-electron chi connectivity index (χ2n) is 5.37. The summed E-state index contributed by atoms with van der Waals surface area (Å²) in [4.78, 5) is 2.62. The minimum atomic E-state index is 0.326. The van der Waals surface area contributed by atoms with Crippen LogP contribution in [-0.2, 0) is 0 Å². The van der Waals surface area contributed by atoms with E-state index in [0.29, 0.717) is 5.41 Å². The predicted octanol–water partition coefficient (Wildman–Crippen LogP) is 2.24. The molecule has 0 amide bonds. The number of rotatable bonds is 4. The van der Waals surface area contributed by atoms with Crippen molar-refractivity contribution in [3.8, 4) is 0 Å². The minimum Gasteiger partial charge on any atom is -0.330 e. The molecule has 0 aromatic heterocycles. The van der Waals surface area contributed by atoms with Gasteiger partial charge in [-0.25, -0.2) is 0 Å². The maximum atomic E-state index is 5.73. The van der Waals surface area contributed by atoms with Crippen molar-refractivity contribution in [1.29, 1.82) is 0 Å². The molecule has 0 aromatic carbocycles. The molecule has 1 aliphatic rings. The van der Waals surface area contributed by atoms with E-state index in [4.69, 9.17) is 5.73 Å². The molecule has 0 bridgehead atoms. The van der Waals surface area contributed by atoms with E-state index in [1.807, 2.05) is 0 Å². The summed E-state index contributed by atoms with van der Waals surface area (Å²) >= 11 is 0. The molecule has 84 valence electrons. The lowest BCUT2D eigenvalue weighted by Gasteiger charge is -2.27. The van der Waals surface area contributed by atoms with Crippen LogP contribution in [0.1, 0.15) is 46.0 Å². The van der Waals surface area contributed by atoms with Gasteiger partial charge in [0.15, 0.2) is 0 Å². The van der Waals surface area contributed by atoms with Crippen LogP contribution in [0.25, 0.3) is 0 Å². The molecule has 0 aliphatic carbocycles. The predicted molar refractivity (Wildman–Crippen MR) is 62.4 cm³/mol. The van der Waals surface area contributed by atoms with Crippen molar-refractivity contribution >= 4 is 0 Å². The zero-order valence-electron chi connectivity index (χ0n) is 9.89. The Kier molecular flexibility index (Phi) is 4.90. The minimum absolute atomic E-state index is 0.326. The smallest absolute Gasteiger partial charge is 0.00132 e. The second-order valence-corrected chi connectivity index (χ2v) is 5.37. The van der Waals surface area contributed by atoms with E-state index < -0.39 is 0 Å². The maximum Gasteiger partial charge on any atom is -0.00132 e. The zero-order chi connectivity index (χ0) is 10.4. The van der Waals surface area contributed by atoms with Gasteiger partial charge in [-0.15, -0.1) is 0 Å². The van der Waals surface area contributed by atoms with Crippen LogP contribution in [0.15, 0.2) is 0 Å². The van der Waals surface area contributed by atoms with Crippen LogP contribution in [-0.4, -0.2) is 31.1 Å². The summed E-state index contributed by atoms with van der Waals surface area (Å²) in [6.45, 7) is 9.20. The van der Waals surface area contributed by atoms with Crippen molar-refractivity contribution in [1.82, 2.24) is 4.90 Å². The van der Waals surface area contributed by atoms with E-state index in [1.54, 1.807) is 0 Å². The van der Waals surface area contributed by atoms with Crippen LogP contribution in [0.4, 0.5) is 0 Å². The molecule has 2 N–H and O–H groups in total. The Morgan fingerprint density at radius 3 is 2.14 bits per heavy atom. The molecule has 1 fully saturated rings. The lowest BCUT2D eigenvalue weighted by atomic mass is 9.89. The average molecular weight is 198 g/mol. The number of nitrogens with zero attached hydrogens (tertiary/aromatic N) is 1. The molecule has 2 heteroatoms. The molecular formula is C12H26N2. The molecule has 14 heavy (non-hydrogen) atoms. The van der Waals surface area contributed by atoms with Gasteiger partial charge in [-0.3, -0.25) is 0 Å². The molecule has 1 rings (SSSR count). The molecule has 0 atom stereocenters. The SMILES string of the molecule is CC(C)(CN)CCN1CCCCCC1. The van der Waals surface area contributed by atoms with E-state index in [2.05, 4.69) is 18.7 Å². The lowest BCUT2D eigenvalue weighted by Crippen LogP contribution is -2.32. The third kappa shape index (κ3) is 4.43. The highest BCUT2D eigenvalue weighted by molar-refractivity contribution is 4.72. The summed E-state index contributed by atoms with van der Waals surface area (Å²) in [5.74, 6) is 0. The molecule has 0 saturated carbocycles. The van der Waals surface area contributed by atoms with E-state index >= 15 is 0 Å². The van der Waals surface area contributed by atoms with Gasteiger partial charge >= 0.3 is 0 Å². The number of likely N-dealkylation sites (tertiary alicyclic amines) is 1. The Hall–Kier alpha value is -0.0800. The van der Waals surface area contributed by atoms with Crippen molar-refractivity contribution < 1.29 is 0 Å². The Morgan fingerprint density at radius 1 is 1.07 bits per heavy atom. The molecule has 2 nitrogen and oxygen atoms in total. The van der Waals surface area contributed by atoms with Crippen LogP contribution in [0.5, 0.6) is 0 Å². The van der Waals surface area contributed by atoms with Gasteiger partial charge in [-0.1, -0.05) is 26.7 Å². The standard InChI is InChI=1S/C12H26N2/c1-12(2,11-13)7-10-14-8-5-3-4-6-9-14/h3-11,13H2,1-2H3. The van der Waals surface area contributed by atoms with Crippen molar-refractivity contribution in [3.05, 3.63) is 0 Å². The Morgan fingerprint density at radius 2 is 1.64 bits per heavy atom. The van der Waals surface area contributed by atoms with Crippen LogP contribution in [0.2, 0.25) is 0 Å². The summed E-state index contributed by atoms with van der Waals surface area (Å²) in [5.41, 5.74) is 6.06. The average Bonchev–Trinajstić information content (AvgIpc) is 2.43. The molecule has 0 radical (unpaired) electrons. The number of hydrogen-bond acceptors (Lipinski definition) is 2. The third-order valence-electron chi connectivity index (χ3n) is 3.36. The Labute approximate surface area is 88.8 Å². The lowest BCUT2D eigenvalue weighted by molar-refractivity contribution is 0.227. The number of nitrogens with two attached hydrogens (primary N) is 1. The van der Waals surface area contributed by atoms with Gasteiger partial charge in [-0.05, 0) is 50.9 Å². The van der Waals surface area contributed by atoms with E-state index in [1.165, 1.54) is 51.7 Å². The van der Waals surface area contributed by atoms with Crippen molar-refractivity contribution in [2.24, 2.45) is 11.1 Å². The number of hydrogen-bond donors (Lipinski definition) is 1. The first-order chi connectivity index (χ1) is 6.64. The first-order valence-corrected chi connectivity index (χ1v) is 6.06. The Bertz CT molecular complexity index is 146. The summed E-state index contributed by atoms with van der Waals surface area (Å²) < 4.78 is 0. The first kappa shape index (κ1) is 12.0. The fourth-order valence-electron chi connectivity index (χ4n) is 1.92. The first-order valence-electron chi connectivity index (χ1n) is 6.06. The largest absolute Gasteiger partial charge is 0.330 e. The van der Waals surface area contributed by atoms with Crippen LogP contribution in [0, 0.1) is 5.41 Å². The summed E-state index contributed by atoms with van der Waals surface area (Å²) in [6, 6.07) is 0. The van der Waals surface area contributed by atoms with Gasteiger partial charge in [0.1, 0.15) is 0 Å². The van der Waals surface area contributed by atoms with Crippen molar-refractivity contribution in [3.63, 3.8) is 0 Å². The molecule has 0 aromatic rings. The highest BCUT2D eigenvalue weighted by atomic mass is 15.1. The monoisotopic (exact) mass is 198 g/mol. The van der Waals surface area contributed by atoms with Gasteiger partial charge in [0.2, 0.25) is 0 Å². The topological polar surface area (TPSA) is 29.3 Å². The molecule has 1 aliphatic heterocycles. The van der Waals surface area contributed by atoms with Gasteiger partial charge in [0, 0.05) is 0 Å². The van der Waals surface area contributed by atoms with Crippen LogP contribution in [0.3, 0.4) is 0 Å². The van der Waals surface area contributed by atoms with E-state index in [-0.39, 0.29) is 0 Å². The fourth-order valence-corrected chi connectivity index (χ4v) is 1.92. The normalized spacial score (nSPS) is 20.8. The summed E-state index contributed by atoms with van der Waals surface area (Å²) in [7, 11) is 0. The quantitative estimate of drug-likeness (QED) is 0.750. The third-order valence-corrected chi connectivity index (χ3v) is 3.36. The van der Waals surface area contributed by atoms with Crippen LogP contribution >= 0.6 is 0 Å². The van der Waals surface area contributed by atoms with Gasteiger partial charge in [0.25, 0.3) is 0 Å². The molecule has 0 unspecified atom stereocenters. The summed E-state index contributed by atoms with van der Waals surface area (Å²) in [6.07, 6.45) is 6.88. The molecule has 0 spiro atoms. The van der Waals surface area contributed by atoms with Gasteiger partial charge in [0.05, 0.1) is 0 Å². The van der Waals surface area contributed by atoms with E-state index in [9.17, 15) is 0 Å². The van der Waals surface area contributed by atoms with Gasteiger partial charge < -0.3 is 10.6 Å². The fraction of sp³-hybridized carbons (Fsp3) is 1.00. The van der Waals surface area contributed by atoms with Crippen molar-refractivity contribution in [2.75, 3.05) is 26.2 Å². The second kappa shape index (κ2) is 5.72. The highest BCUT2D eigenvalue weighted by Gasteiger charge is 2.17. The van der Waals surface area contributed by atoms with E-state index in [0.717, 1.165) is 6.54 Å². The van der Waals surface area contributed by atoms with Gasteiger partial charge in [-0.2, -0.15) is 0 Å².